The third-order valence-corrected chi connectivity index (χ3v) is 7.50. The third-order valence-electron chi connectivity index (χ3n) is 7.10. The van der Waals surface area contributed by atoms with Gasteiger partial charge in [0.05, 0.1) is 41.3 Å². The minimum Gasteiger partial charge on any atom is -0.435 e. The zero-order valence-electron chi connectivity index (χ0n) is 20.6. The number of anilines is 4. The van der Waals surface area contributed by atoms with E-state index in [1.165, 1.54) is 22.8 Å². The van der Waals surface area contributed by atoms with E-state index in [2.05, 4.69) is 48.5 Å². The number of benzene rings is 1. The van der Waals surface area contributed by atoms with E-state index >= 15 is 0 Å². The van der Waals surface area contributed by atoms with Gasteiger partial charge in [0.25, 0.3) is 0 Å². The predicted octanol–water partition coefficient (Wildman–Crippen LogP) is 3.48. The van der Waals surface area contributed by atoms with Crippen molar-refractivity contribution < 1.29 is 18.3 Å². The van der Waals surface area contributed by atoms with Crippen LogP contribution < -0.4 is 20.3 Å². The van der Waals surface area contributed by atoms with Crippen LogP contribution in [0, 0.1) is 11.3 Å². The molecule has 38 heavy (non-hydrogen) atoms. The van der Waals surface area contributed by atoms with Gasteiger partial charge in [-0.05, 0) is 19.8 Å². The molecule has 14 heteroatoms. The highest BCUT2D eigenvalue weighted by molar-refractivity contribution is 6.36. The van der Waals surface area contributed by atoms with E-state index < -0.39 is 6.61 Å². The number of hydrogen-bond acceptors (Lipinski definition) is 10. The quantitative estimate of drug-likeness (QED) is 0.436. The molecule has 2 aromatic heterocycles. The fourth-order valence-electron chi connectivity index (χ4n) is 4.79. The Morgan fingerprint density at radius 2 is 2.00 bits per heavy atom. The molecular weight excluding hydrogens is 520 g/mol. The van der Waals surface area contributed by atoms with Gasteiger partial charge in [0.15, 0.2) is 17.2 Å². The van der Waals surface area contributed by atoms with Crippen LogP contribution >= 0.6 is 11.6 Å². The number of imidazole rings is 1. The molecule has 2 N–H and O–H groups in total. The van der Waals surface area contributed by atoms with Gasteiger partial charge >= 0.3 is 6.61 Å². The van der Waals surface area contributed by atoms with Crippen LogP contribution in [0.1, 0.15) is 25.5 Å². The predicted molar refractivity (Wildman–Crippen MR) is 137 cm³/mol. The van der Waals surface area contributed by atoms with Crippen molar-refractivity contribution in [2.75, 3.05) is 54.9 Å². The molecule has 0 spiro atoms. The number of aromatic nitrogens is 4. The summed E-state index contributed by atoms with van der Waals surface area (Å²) in [5.41, 5.74) is 1.55. The van der Waals surface area contributed by atoms with E-state index in [1.807, 2.05) is 0 Å². The van der Waals surface area contributed by atoms with E-state index in [0.717, 1.165) is 25.9 Å². The highest BCUT2D eigenvalue weighted by Gasteiger charge is 2.40. The second kappa shape index (κ2) is 9.68. The highest BCUT2D eigenvalue weighted by Crippen LogP contribution is 2.40. The Balaban J connectivity index is 1.32. The molecule has 1 saturated carbocycles. The molecule has 1 aliphatic carbocycles. The van der Waals surface area contributed by atoms with Crippen LogP contribution in [0.5, 0.6) is 5.75 Å². The smallest absolute Gasteiger partial charge is 0.387 e. The first kappa shape index (κ1) is 24.8. The third kappa shape index (κ3) is 4.75. The molecule has 0 atom stereocenters. The number of ether oxygens (including phenoxy) is 2. The number of nitrogens with zero attached hydrogens (tertiary/aromatic N) is 7. The summed E-state index contributed by atoms with van der Waals surface area (Å²) in [6.45, 7) is 3.46. The number of piperazine rings is 1. The molecule has 200 valence electrons. The number of halogens is 3. The van der Waals surface area contributed by atoms with Crippen LogP contribution in [0.4, 0.5) is 31.9 Å². The fraction of sp³-hybridized carbons (Fsp3) is 0.500. The Kier molecular flexibility index (Phi) is 6.33. The van der Waals surface area contributed by atoms with Crippen LogP contribution in [0.15, 0.2) is 18.3 Å². The summed E-state index contributed by atoms with van der Waals surface area (Å²) in [6, 6.07) is 5.25. The number of alkyl halides is 2. The summed E-state index contributed by atoms with van der Waals surface area (Å²) in [7, 11) is 0. The standard InChI is InChI=1S/C24H26ClF2N9O2/c1-24(12-37-13-24)35-6-4-34(5-7-35)18-9-16(38-22(26)27)8-17(19(18)25)31-23-32-20(30-14-2-3-14)21-29-11-15(10-28)36(21)33-23/h8-9,11,14,22H,2-7,12-13H2,1H3,(H2,30,31,32,33). The van der Waals surface area contributed by atoms with Gasteiger partial charge in [-0.25, -0.2) is 4.98 Å². The van der Waals surface area contributed by atoms with Gasteiger partial charge in [-0.1, -0.05) is 11.6 Å². The van der Waals surface area contributed by atoms with Gasteiger partial charge in [0.2, 0.25) is 5.95 Å². The maximum atomic E-state index is 13.2. The lowest BCUT2D eigenvalue weighted by molar-refractivity contribution is -0.131. The number of rotatable bonds is 8. The molecule has 2 aliphatic heterocycles. The van der Waals surface area contributed by atoms with Crippen LogP contribution in [-0.4, -0.2) is 82.1 Å². The van der Waals surface area contributed by atoms with E-state index in [9.17, 15) is 14.0 Å². The van der Waals surface area contributed by atoms with Crippen molar-refractivity contribution in [3.63, 3.8) is 0 Å². The molecular formula is C24H26ClF2N9O2. The average Bonchev–Trinajstić information content (AvgIpc) is 3.60. The van der Waals surface area contributed by atoms with E-state index in [1.54, 1.807) is 0 Å². The largest absolute Gasteiger partial charge is 0.435 e. The molecule has 2 saturated heterocycles. The Morgan fingerprint density at radius 1 is 1.24 bits per heavy atom. The van der Waals surface area contributed by atoms with Crippen LogP contribution in [0.2, 0.25) is 5.02 Å². The van der Waals surface area contributed by atoms with Gasteiger partial charge in [0, 0.05) is 44.4 Å². The molecule has 6 rings (SSSR count). The van der Waals surface area contributed by atoms with Crippen molar-refractivity contribution in [1.29, 1.82) is 5.26 Å². The summed E-state index contributed by atoms with van der Waals surface area (Å²) in [4.78, 5) is 13.3. The highest BCUT2D eigenvalue weighted by atomic mass is 35.5. The summed E-state index contributed by atoms with van der Waals surface area (Å²) in [5.74, 6) is 0.550. The number of nitrogens with one attached hydrogen (secondary N) is 2. The van der Waals surface area contributed by atoms with E-state index in [0.29, 0.717) is 54.2 Å². The summed E-state index contributed by atoms with van der Waals surface area (Å²) < 4.78 is 38.0. The topological polar surface area (TPSA) is 116 Å². The maximum Gasteiger partial charge on any atom is 0.387 e. The molecule has 0 unspecified atom stereocenters. The number of fused-ring (bicyclic) bond motifs is 1. The number of nitriles is 1. The van der Waals surface area contributed by atoms with Crippen LogP contribution in [0.3, 0.4) is 0 Å². The maximum absolute atomic E-state index is 13.2. The van der Waals surface area contributed by atoms with Gasteiger partial charge in [-0.2, -0.15) is 23.5 Å². The first-order valence-electron chi connectivity index (χ1n) is 12.4. The zero-order valence-corrected chi connectivity index (χ0v) is 21.4. The lowest BCUT2D eigenvalue weighted by Crippen LogP contribution is -2.64. The van der Waals surface area contributed by atoms with Gasteiger partial charge in [-0.15, -0.1) is 5.10 Å². The molecule has 1 aromatic carbocycles. The summed E-state index contributed by atoms with van der Waals surface area (Å²) in [5, 5.41) is 20.6. The fourth-order valence-corrected chi connectivity index (χ4v) is 5.07. The lowest BCUT2D eigenvalue weighted by atomic mass is 9.97. The molecule has 4 heterocycles. The van der Waals surface area contributed by atoms with Crippen LogP contribution in [0.25, 0.3) is 5.65 Å². The first-order chi connectivity index (χ1) is 18.3. The molecule has 3 fully saturated rings. The lowest BCUT2D eigenvalue weighted by Gasteiger charge is -2.50. The molecule has 3 aromatic rings. The van der Waals surface area contributed by atoms with E-state index in [-0.39, 0.29) is 29.0 Å². The Labute approximate surface area is 222 Å². The van der Waals surface area contributed by atoms with Crippen molar-refractivity contribution >= 4 is 40.4 Å². The number of hydrogen-bond donors (Lipinski definition) is 2. The Bertz CT molecular complexity index is 1400. The minimum atomic E-state index is -3.00. The first-order valence-corrected chi connectivity index (χ1v) is 12.8. The van der Waals surface area contributed by atoms with Gasteiger partial charge in [-0.3, -0.25) is 4.90 Å². The van der Waals surface area contributed by atoms with Crippen LogP contribution in [-0.2, 0) is 4.74 Å². The monoisotopic (exact) mass is 545 g/mol. The Morgan fingerprint density at radius 3 is 2.63 bits per heavy atom. The van der Waals surface area contributed by atoms with Crippen molar-refractivity contribution in [3.05, 3.63) is 29.0 Å². The average molecular weight is 546 g/mol. The molecule has 3 aliphatic rings. The second-order valence-electron chi connectivity index (χ2n) is 9.96. The Hall–Kier alpha value is -3.47. The van der Waals surface area contributed by atoms with E-state index in [4.69, 9.17) is 21.1 Å². The zero-order chi connectivity index (χ0) is 26.4. The van der Waals surface area contributed by atoms with Crippen molar-refractivity contribution in [3.8, 4) is 11.8 Å². The SMILES string of the molecule is CC1(N2CCN(c3cc(OC(F)F)cc(Nc4nc(NC5CC5)c5ncc(C#N)n5n4)c3Cl)CC2)COC1. The summed E-state index contributed by atoms with van der Waals surface area (Å²) >= 11 is 6.83. The molecule has 11 nitrogen and oxygen atoms in total. The van der Waals surface area contributed by atoms with Gasteiger partial charge in [0.1, 0.15) is 11.8 Å². The van der Waals surface area contributed by atoms with Crippen molar-refractivity contribution in [2.24, 2.45) is 0 Å². The minimum absolute atomic E-state index is 0.0288. The normalized spacial score (nSPS) is 19.3. The van der Waals surface area contributed by atoms with Crippen molar-refractivity contribution in [2.45, 2.75) is 38.0 Å². The van der Waals surface area contributed by atoms with Crippen molar-refractivity contribution in [1.82, 2.24) is 24.5 Å². The molecule has 0 radical (unpaired) electrons. The van der Waals surface area contributed by atoms with Gasteiger partial charge < -0.3 is 25.0 Å². The molecule has 0 bridgehead atoms. The summed E-state index contributed by atoms with van der Waals surface area (Å²) in [6.07, 6.45) is 3.43. The second-order valence-corrected chi connectivity index (χ2v) is 10.3. The molecule has 0 amide bonds.